The van der Waals surface area contributed by atoms with Gasteiger partial charge in [-0.2, -0.15) is 0 Å². The summed E-state index contributed by atoms with van der Waals surface area (Å²) in [5.74, 6) is -0.741. The summed E-state index contributed by atoms with van der Waals surface area (Å²) in [6.07, 6.45) is 3.99. The minimum atomic E-state index is -0.741. The molecule has 0 radical (unpaired) electrons. The van der Waals surface area contributed by atoms with E-state index in [-0.39, 0.29) is 6.42 Å². The molecule has 0 bridgehead atoms. The molecule has 0 fully saturated rings. The van der Waals surface area contributed by atoms with Gasteiger partial charge in [0, 0.05) is 6.54 Å². The third-order valence-corrected chi connectivity index (χ3v) is 1.50. The lowest BCUT2D eigenvalue weighted by molar-refractivity contribution is -0.136. The third-order valence-electron chi connectivity index (χ3n) is 1.50. The fraction of sp³-hybridized carbons (Fsp3) is 0.571. The van der Waals surface area contributed by atoms with Gasteiger partial charge in [0.25, 0.3) is 0 Å². The lowest BCUT2D eigenvalue weighted by Gasteiger charge is -2.11. The van der Waals surface area contributed by atoms with Crippen molar-refractivity contribution in [1.29, 1.82) is 0 Å². The van der Waals surface area contributed by atoms with Gasteiger partial charge in [-0.1, -0.05) is 0 Å². The first kappa shape index (κ1) is 7.12. The first-order chi connectivity index (χ1) is 4.79. The van der Waals surface area contributed by atoms with E-state index in [1.165, 1.54) is 0 Å². The number of carboxylic acids is 1. The van der Waals surface area contributed by atoms with Gasteiger partial charge in [-0.15, -0.1) is 0 Å². The van der Waals surface area contributed by atoms with Crippen LogP contribution in [0.2, 0.25) is 0 Å². The van der Waals surface area contributed by atoms with Crippen molar-refractivity contribution in [1.82, 2.24) is 5.32 Å². The highest BCUT2D eigenvalue weighted by Crippen LogP contribution is 2.11. The van der Waals surface area contributed by atoms with Gasteiger partial charge in [-0.3, -0.25) is 4.79 Å². The van der Waals surface area contributed by atoms with E-state index in [0.29, 0.717) is 0 Å². The lowest BCUT2D eigenvalue weighted by Crippen LogP contribution is -2.15. The van der Waals surface area contributed by atoms with Crippen LogP contribution in [0, 0.1) is 0 Å². The van der Waals surface area contributed by atoms with Gasteiger partial charge >= 0.3 is 5.97 Å². The molecule has 0 saturated carbocycles. The van der Waals surface area contributed by atoms with Gasteiger partial charge in [0.05, 0.1) is 6.42 Å². The minimum Gasteiger partial charge on any atom is -0.481 e. The number of hydrogen-bond donors (Lipinski definition) is 2. The van der Waals surface area contributed by atoms with Crippen molar-refractivity contribution in [3.63, 3.8) is 0 Å². The van der Waals surface area contributed by atoms with E-state index in [1.807, 2.05) is 6.20 Å². The van der Waals surface area contributed by atoms with E-state index in [4.69, 9.17) is 5.11 Å². The molecular weight excluding hydrogens is 130 g/mol. The monoisotopic (exact) mass is 141 g/mol. The minimum absolute atomic E-state index is 0.187. The highest BCUT2D eigenvalue weighted by Gasteiger charge is 2.06. The van der Waals surface area contributed by atoms with Crippen molar-refractivity contribution >= 4 is 5.97 Å². The number of nitrogens with one attached hydrogen (secondary N) is 1. The van der Waals surface area contributed by atoms with E-state index in [1.54, 1.807) is 0 Å². The summed E-state index contributed by atoms with van der Waals surface area (Å²) in [5.41, 5.74) is 0.999. The topological polar surface area (TPSA) is 49.3 Å². The summed E-state index contributed by atoms with van der Waals surface area (Å²) >= 11 is 0. The van der Waals surface area contributed by atoms with Crippen LogP contribution in [0.1, 0.15) is 19.3 Å². The van der Waals surface area contributed by atoms with E-state index in [2.05, 4.69) is 5.32 Å². The highest BCUT2D eigenvalue weighted by atomic mass is 16.4. The Labute approximate surface area is 59.7 Å². The van der Waals surface area contributed by atoms with E-state index < -0.39 is 5.97 Å². The van der Waals surface area contributed by atoms with Gasteiger partial charge in [-0.05, 0) is 24.6 Å². The molecule has 0 saturated heterocycles. The van der Waals surface area contributed by atoms with Crippen LogP contribution in [0.3, 0.4) is 0 Å². The predicted octanol–water partition coefficient (Wildman–Crippen LogP) is 0.728. The van der Waals surface area contributed by atoms with Crippen molar-refractivity contribution in [2.75, 3.05) is 6.54 Å². The lowest BCUT2D eigenvalue weighted by atomic mass is 10.1. The van der Waals surface area contributed by atoms with Gasteiger partial charge in [0.1, 0.15) is 0 Å². The molecule has 0 aromatic heterocycles. The van der Waals surface area contributed by atoms with Crippen LogP contribution >= 0.6 is 0 Å². The Kier molecular flexibility index (Phi) is 2.31. The number of carboxylic acid groups (broad SMARTS) is 1. The van der Waals surface area contributed by atoms with Gasteiger partial charge < -0.3 is 10.4 Å². The van der Waals surface area contributed by atoms with Crippen LogP contribution < -0.4 is 5.32 Å². The van der Waals surface area contributed by atoms with Crippen LogP contribution in [0.4, 0.5) is 0 Å². The molecule has 0 aromatic carbocycles. The van der Waals surface area contributed by atoms with Crippen molar-refractivity contribution < 1.29 is 9.90 Å². The first-order valence-electron chi connectivity index (χ1n) is 3.42. The molecule has 56 valence electrons. The summed E-state index contributed by atoms with van der Waals surface area (Å²) in [6.45, 7) is 0.975. The van der Waals surface area contributed by atoms with Crippen LogP contribution in [0.5, 0.6) is 0 Å². The predicted molar refractivity (Wildman–Crippen MR) is 37.6 cm³/mol. The van der Waals surface area contributed by atoms with Gasteiger partial charge in [0.15, 0.2) is 0 Å². The zero-order valence-electron chi connectivity index (χ0n) is 5.76. The molecule has 3 heteroatoms. The van der Waals surface area contributed by atoms with Crippen LogP contribution in [0.15, 0.2) is 11.8 Å². The molecule has 1 heterocycles. The van der Waals surface area contributed by atoms with E-state index in [9.17, 15) is 4.79 Å². The Morgan fingerprint density at radius 3 is 3.10 bits per heavy atom. The maximum absolute atomic E-state index is 10.2. The zero-order valence-corrected chi connectivity index (χ0v) is 5.76. The fourth-order valence-electron chi connectivity index (χ4n) is 1.04. The standard InChI is InChI=1S/C7H11NO2/c9-7(10)4-6-2-1-3-8-5-6/h5,8H,1-4H2,(H,9,10). The second-order valence-corrected chi connectivity index (χ2v) is 2.43. The van der Waals surface area contributed by atoms with Crippen molar-refractivity contribution in [3.8, 4) is 0 Å². The van der Waals surface area contributed by atoms with Crippen molar-refractivity contribution in [3.05, 3.63) is 11.8 Å². The summed E-state index contributed by atoms with van der Waals surface area (Å²) in [5, 5.41) is 11.4. The third kappa shape index (κ3) is 2.09. The Bertz CT molecular complexity index is 163. The molecule has 0 aliphatic carbocycles. The van der Waals surface area contributed by atoms with Crippen molar-refractivity contribution in [2.24, 2.45) is 0 Å². The molecule has 10 heavy (non-hydrogen) atoms. The Morgan fingerprint density at radius 2 is 2.60 bits per heavy atom. The first-order valence-corrected chi connectivity index (χ1v) is 3.42. The van der Waals surface area contributed by atoms with E-state index in [0.717, 1.165) is 25.0 Å². The van der Waals surface area contributed by atoms with Crippen molar-refractivity contribution in [2.45, 2.75) is 19.3 Å². The number of hydrogen-bond acceptors (Lipinski definition) is 2. The number of rotatable bonds is 2. The quantitative estimate of drug-likeness (QED) is 0.596. The molecule has 1 aliphatic rings. The fourth-order valence-corrected chi connectivity index (χ4v) is 1.04. The number of carbonyl (C=O) groups is 1. The van der Waals surface area contributed by atoms with E-state index >= 15 is 0 Å². The van der Waals surface area contributed by atoms with Crippen LogP contribution in [-0.2, 0) is 4.79 Å². The summed E-state index contributed by atoms with van der Waals surface area (Å²) in [4.78, 5) is 10.2. The molecule has 1 rings (SSSR count). The maximum Gasteiger partial charge on any atom is 0.307 e. The highest BCUT2D eigenvalue weighted by molar-refractivity contribution is 5.69. The van der Waals surface area contributed by atoms with Gasteiger partial charge in [0.2, 0.25) is 0 Å². The molecule has 0 atom stereocenters. The molecule has 3 nitrogen and oxygen atoms in total. The van der Waals surface area contributed by atoms with Gasteiger partial charge in [-0.25, -0.2) is 0 Å². The summed E-state index contributed by atoms with van der Waals surface area (Å²) in [7, 11) is 0. The van der Waals surface area contributed by atoms with Crippen LogP contribution in [0.25, 0.3) is 0 Å². The Hall–Kier alpha value is -0.990. The Balaban J connectivity index is 2.38. The SMILES string of the molecule is O=C(O)CC1=CNCCC1. The largest absolute Gasteiger partial charge is 0.481 e. The molecular formula is C7H11NO2. The smallest absolute Gasteiger partial charge is 0.307 e. The Morgan fingerprint density at radius 1 is 1.80 bits per heavy atom. The molecule has 2 N–H and O–H groups in total. The molecule has 0 aromatic rings. The molecule has 0 amide bonds. The second kappa shape index (κ2) is 3.25. The maximum atomic E-state index is 10.2. The molecule has 0 spiro atoms. The zero-order chi connectivity index (χ0) is 7.40. The molecule has 1 aliphatic heterocycles. The normalized spacial score (nSPS) is 17.4. The number of aliphatic carboxylic acids is 1. The second-order valence-electron chi connectivity index (χ2n) is 2.43. The average Bonchev–Trinajstić information content (AvgIpc) is 1.88. The summed E-state index contributed by atoms with van der Waals surface area (Å²) in [6, 6.07) is 0. The average molecular weight is 141 g/mol. The van der Waals surface area contributed by atoms with Crippen LogP contribution in [-0.4, -0.2) is 17.6 Å². The summed E-state index contributed by atoms with van der Waals surface area (Å²) < 4.78 is 0. The molecule has 0 unspecified atom stereocenters.